The maximum atomic E-state index is 14.4. The fraction of sp³-hybridized carbons (Fsp3) is 0.350. The van der Waals surface area contributed by atoms with Gasteiger partial charge in [-0.05, 0) is 61.6 Å². The lowest BCUT2D eigenvalue weighted by Gasteiger charge is -2.20. The van der Waals surface area contributed by atoms with Gasteiger partial charge in [0.15, 0.2) is 0 Å². The summed E-state index contributed by atoms with van der Waals surface area (Å²) in [7, 11) is -4.07. The fourth-order valence-electron chi connectivity index (χ4n) is 3.24. The van der Waals surface area contributed by atoms with Gasteiger partial charge in [0, 0.05) is 24.3 Å². The van der Waals surface area contributed by atoms with Gasteiger partial charge in [-0.2, -0.15) is 4.31 Å². The van der Waals surface area contributed by atoms with Gasteiger partial charge < -0.3 is 5.32 Å². The van der Waals surface area contributed by atoms with Crippen LogP contribution in [-0.4, -0.2) is 31.7 Å². The van der Waals surface area contributed by atoms with E-state index >= 15 is 0 Å². The Bertz CT molecular complexity index is 1030. The van der Waals surface area contributed by atoms with Crippen LogP contribution in [0.5, 0.6) is 0 Å². The van der Waals surface area contributed by atoms with E-state index in [-0.39, 0.29) is 16.3 Å². The zero-order chi connectivity index (χ0) is 21.2. The number of anilines is 1. The molecular weight excluding hydrogens is 422 g/mol. The Morgan fingerprint density at radius 1 is 1.10 bits per heavy atom. The number of carbonyl (C=O) groups excluding carboxylic acids is 1. The van der Waals surface area contributed by atoms with Crippen molar-refractivity contribution in [1.82, 2.24) is 4.31 Å². The van der Waals surface area contributed by atoms with Crippen molar-refractivity contribution < 1.29 is 22.0 Å². The van der Waals surface area contributed by atoms with Crippen molar-refractivity contribution in [2.24, 2.45) is 5.92 Å². The van der Waals surface area contributed by atoms with Crippen LogP contribution in [0, 0.1) is 17.6 Å². The van der Waals surface area contributed by atoms with E-state index in [0.717, 1.165) is 24.6 Å². The standard InChI is InChI=1S/C20H21ClF2N2O3S/c1-13-3-2-9-25(10-8-13)29(27,28)19-11-14(4-6-18(19)23)20(26)24-15-5-7-17(22)16(21)12-15/h4-7,11-13H,2-3,8-10H2,1H3,(H,24,26). The predicted octanol–water partition coefficient (Wildman–Crippen LogP) is 4.68. The number of nitrogens with zero attached hydrogens (tertiary/aromatic N) is 1. The monoisotopic (exact) mass is 442 g/mol. The van der Waals surface area contributed by atoms with Gasteiger partial charge in [0.2, 0.25) is 10.0 Å². The molecule has 1 heterocycles. The molecule has 9 heteroatoms. The van der Waals surface area contributed by atoms with E-state index in [1.807, 2.05) is 0 Å². The Morgan fingerprint density at radius 2 is 1.83 bits per heavy atom. The Kier molecular flexibility index (Phi) is 6.55. The third-order valence-corrected chi connectivity index (χ3v) is 7.17. The van der Waals surface area contributed by atoms with E-state index in [2.05, 4.69) is 12.2 Å². The number of sulfonamides is 1. The molecule has 0 bridgehead atoms. The second kappa shape index (κ2) is 8.77. The molecular formula is C20H21ClF2N2O3S. The van der Waals surface area contributed by atoms with Crippen molar-refractivity contribution in [2.45, 2.75) is 31.1 Å². The minimum absolute atomic E-state index is 0.0337. The summed E-state index contributed by atoms with van der Waals surface area (Å²) in [6.45, 7) is 2.69. The van der Waals surface area contributed by atoms with Crippen LogP contribution in [0.25, 0.3) is 0 Å². The van der Waals surface area contributed by atoms with Crippen LogP contribution in [0.1, 0.15) is 36.5 Å². The van der Waals surface area contributed by atoms with Gasteiger partial charge in [-0.1, -0.05) is 18.5 Å². The molecule has 2 aromatic rings. The minimum Gasteiger partial charge on any atom is -0.322 e. The highest BCUT2D eigenvalue weighted by atomic mass is 35.5. The quantitative estimate of drug-likeness (QED) is 0.747. The molecule has 1 N–H and O–H groups in total. The molecule has 0 aromatic heterocycles. The number of nitrogens with one attached hydrogen (secondary N) is 1. The summed E-state index contributed by atoms with van der Waals surface area (Å²) >= 11 is 5.70. The zero-order valence-corrected chi connectivity index (χ0v) is 17.4. The average Bonchev–Trinajstić information content (AvgIpc) is 2.90. The number of rotatable bonds is 4. The first kappa shape index (κ1) is 21.7. The zero-order valence-electron chi connectivity index (χ0n) is 15.8. The van der Waals surface area contributed by atoms with Crippen molar-refractivity contribution in [1.29, 1.82) is 0 Å². The molecule has 156 valence electrons. The maximum Gasteiger partial charge on any atom is 0.255 e. The highest BCUT2D eigenvalue weighted by Gasteiger charge is 2.30. The molecule has 1 saturated heterocycles. The van der Waals surface area contributed by atoms with Crippen molar-refractivity contribution in [3.8, 4) is 0 Å². The number of hydrogen-bond donors (Lipinski definition) is 1. The smallest absolute Gasteiger partial charge is 0.255 e. The van der Waals surface area contributed by atoms with Crippen molar-refractivity contribution in [3.63, 3.8) is 0 Å². The van der Waals surface area contributed by atoms with Crippen LogP contribution in [-0.2, 0) is 10.0 Å². The molecule has 0 saturated carbocycles. The fourth-order valence-corrected chi connectivity index (χ4v) is 5.00. The molecule has 2 aromatic carbocycles. The Hall–Kier alpha value is -2.03. The summed E-state index contributed by atoms with van der Waals surface area (Å²) in [5, 5.41) is 2.33. The van der Waals surface area contributed by atoms with Crippen LogP contribution < -0.4 is 5.32 Å². The largest absolute Gasteiger partial charge is 0.322 e. The maximum absolute atomic E-state index is 14.4. The highest BCUT2D eigenvalue weighted by molar-refractivity contribution is 7.89. The topological polar surface area (TPSA) is 66.5 Å². The van der Waals surface area contributed by atoms with Crippen molar-refractivity contribution in [3.05, 3.63) is 58.6 Å². The summed E-state index contributed by atoms with van der Waals surface area (Å²) in [6, 6.07) is 6.82. The third-order valence-electron chi connectivity index (χ3n) is 4.96. The number of amides is 1. The van der Waals surface area contributed by atoms with Gasteiger partial charge >= 0.3 is 0 Å². The molecule has 0 aliphatic carbocycles. The lowest BCUT2D eigenvalue weighted by atomic mass is 10.0. The van der Waals surface area contributed by atoms with Crippen molar-refractivity contribution >= 4 is 33.2 Å². The lowest BCUT2D eigenvalue weighted by Crippen LogP contribution is -2.33. The number of benzene rings is 2. The van der Waals surface area contributed by atoms with Crippen LogP contribution in [0.15, 0.2) is 41.3 Å². The summed E-state index contributed by atoms with van der Waals surface area (Å²) in [5.41, 5.74) is 0.199. The second-order valence-corrected chi connectivity index (χ2v) is 9.48. The first-order chi connectivity index (χ1) is 13.7. The Labute approximate surface area is 173 Å². The van der Waals surface area contributed by atoms with E-state index in [1.54, 1.807) is 0 Å². The van der Waals surface area contributed by atoms with E-state index in [4.69, 9.17) is 11.6 Å². The van der Waals surface area contributed by atoms with E-state index in [1.165, 1.54) is 22.5 Å². The molecule has 1 fully saturated rings. The lowest BCUT2D eigenvalue weighted by molar-refractivity contribution is 0.102. The average molecular weight is 443 g/mol. The van der Waals surface area contributed by atoms with Gasteiger partial charge in [0.25, 0.3) is 5.91 Å². The highest BCUT2D eigenvalue weighted by Crippen LogP contribution is 2.26. The van der Waals surface area contributed by atoms with Crippen LogP contribution in [0.3, 0.4) is 0 Å². The summed E-state index contributed by atoms with van der Waals surface area (Å²) in [4.78, 5) is 12.0. The summed E-state index contributed by atoms with van der Waals surface area (Å²) < 4.78 is 54.9. The Morgan fingerprint density at radius 3 is 2.55 bits per heavy atom. The molecule has 1 aliphatic rings. The predicted molar refractivity (Wildman–Crippen MR) is 108 cm³/mol. The summed E-state index contributed by atoms with van der Waals surface area (Å²) in [5.74, 6) is -1.80. The molecule has 1 atom stereocenters. The first-order valence-corrected chi connectivity index (χ1v) is 11.1. The summed E-state index contributed by atoms with van der Waals surface area (Å²) in [6.07, 6.45) is 2.32. The minimum atomic E-state index is -4.07. The number of carbonyl (C=O) groups is 1. The molecule has 0 spiro atoms. The van der Waals surface area contributed by atoms with Crippen LogP contribution in [0.4, 0.5) is 14.5 Å². The normalized spacial score (nSPS) is 18.3. The second-order valence-electron chi connectivity index (χ2n) is 7.17. The number of halogens is 3. The van der Waals surface area contributed by atoms with E-state index in [0.29, 0.717) is 31.8 Å². The van der Waals surface area contributed by atoms with E-state index < -0.39 is 32.5 Å². The molecule has 1 aliphatic heterocycles. The first-order valence-electron chi connectivity index (χ1n) is 9.24. The molecule has 1 amide bonds. The number of hydrogen-bond acceptors (Lipinski definition) is 3. The van der Waals surface area contributed by atoms with E-state index in [9.17, 15) is 22.0 Å². The van der Waals surface area contributed by atoms with Gasteiger partial charge in [-0.25, -0.2) is 17.2 Å². The Balaban J connectivity index is 1.86. The van der Waals surface area contributed by atoms with Crippen molar-refractivity contribution in [2.75, 3.05) is 18.4 Å². The van der Waals surface area contributed by atoms with Gasteiger partial charge in [0.05, 0.1) is 5.02 Å². The van der Waals surface area contributed by atoms with Gasteiger partial charge in [-0.15, -0.1) is 0 Å². The van der Waals surface area contributed by atoms with Crippen LogP contribution >= 0.6 is 11.6 Å². The molecule has 29 heavy (non-hydrogen) atoms. The molecule has 1 unspecified atom stereocenters. The molecule has 5 nitrogen and oxygen atoms in total. The van der Waals surface area contributed by atoms with Crippen LogP contribution in [0.2, 0.25) is 5.02 Å². The SMILES string of the molecule is CC1CCCN(S(=O)(=O)c2cc(C(=O)Nc3ccc(F)c(Cl)c3)ccc2F)CC1. The third kappa shape index (κ3) is 4.94. The molecule has 0 radical (unpaired) electrons. The van der Waals surface area contributed by atoms with Gasteiger partial charge in [-0.3, -0.25) is 4.79 Å². The van der Waals surface area contributed by atoms with Gasteiger partial charge in [0.1, 0.15) is 16.5 Å². The molecule has 3 rings (SSSR count).